The maximum atomic E-state index is 13.6. The number of benzene rings is 2. The molecule has 0 spiro atoms. The minimum absolute atomic E-state index is 0.0653. The van der Waals surface area contributed by atoms with E-state index in [4.69, 9.17) is 9.97 Å². The second-order valence-corrected chi connectivity index (χ2v) is 8.35. The van der Waals surface area contributed by atoms with Gasteiger partial charge in [0.2, 0.25) is 5.95 Å². The van der Waals surface area contributed by atoms with Crippen LogP contribution in [-0.4, -0.2) is 39.7 Å². The molecule has 0 saturated carbocycles. The lowest BCUT2D eigenvalue weighted by molar-refractivity contribution is 0.425. The highest BCUT2D eigenvalue weighted by Crippen LogP contribution is 2.37. The Bertz CT molecular complexity index is 1160. The minimum atomic E-state index is -1.52. The molecule has 5 rings (SSSR count). The molecule has 0 aliphatic carbocycles. The molecule has 164 valence electrons. The Morgan fingerprint density at radius 3 is 2.84 bits per heavy atom. The van der Waals surface area contributed by atoms with E-state index in [-0.39, 0.29) is 11.9 Å². The van der Waals surface area contributed by atoms with Gasteiger partial charge >= 0.3 is 7.12 Å². The van der Waals surface area contributed by atoms with E-state index < -0.39 is 7.12 Å². The van der Waals surface area contributed by atoms with E-state index in [1.807, 2.05) is 18.2 Å². The Labute approximate surface area is 186 Å². The Hall–Kier alpha value is -3.01. The smallest absolute Gasteiger partial charge is 0.423 e. The molecule has 4 N–H and O–H groups in total. The summed E-state index contributed by atoms with van der Waals surface area (Å²) in [6.45, 7) is 4.05. The molecule has 2 aromatic carbocycles. The highest BCUT2D eigenvalue weighted by atomic mass is 19.1. The van der Waals surface area contributed by atoms with Gasteiger partial charge in [-0.3, -0.25) is 0 Å². The first kappa shape index (κ1) is 20.9. The maximum Gasteiger partial charge on any atom is 0.488 e. The van der Waals surface area contributed by atoms with E-state index in [1.165, 1.54) is 12.1 Å². The molecule has 3 heterocycles. The fourth-order valence-electron chi connectivity index (χ4n) is 4.64. The Balaban J connectivity index is 1.53. The number of aromatic nitrogens is 2. The second-order valence-electron chi connectivity index (χ2n) is 8.35. The molecule has 9 heteroatoms. The summed E-state index contributed by atoms with van der Waals surface area (Å²) < 4.78 is 13.6. The second kappa shape index (κ2) is 8.50. The molecule has 2 aliphatic rings. The average molecular weight is 433 g/mol. The summed E-state index contributed by atoms with van der Waals surface area (Å²) in [6.07, 6.45) is 1.49. The lowest BCUT2D eigenvalue weighted by Crippen LogP contribution is -2.32. The van der Waals surface area contributed by atoms with Crippen molar-refractivity contribution in [3.8, 4) is 0 Å². The Morgan fingerprint density at radius 2 is 2.03 bits per heavy atom. The van der Waals surface area contributed by atoms with Crippen LogP contribution in [0.2, 0.25) is 0 Å². The number of nitrogens with one attached hydrogen (secondary N) is 2. The largest absolute Gasteiger partial charge is 0.488 e. The molecule has 1 atom stereocenters. The van der Waals surface area contributed by atoms with Crippen molar-refractivity contribution in [2.45, 2.75) is 38.9 Å². The lowest BCUT2D eigenvalue weighted by Gasteiger charge is -2.27. The van der Waals surface area contributed by atoms with E-state index >= 15 is 0 Å². The zero-order chi connectivity index (χ0) is 22.2. The van der Waals surface area contributed by atoms with Crippen LogP contribution in [0.1, 0.15) is 29.3 Å². The van der Waals surface area contributed by atoms with Crippen LogP contribution in [0.15, 0.2) is 42.5 Å². The van der Waals surface area contributed by atoms with E-state index in [0.29, 0.717) is 30.9 Å². The van der Waals surface area contributed by atoms with Gasteiger partial charge in [-0.25, -0.2) is 9.37 Å². The summed E-state index contributed by atoms with van der Waals surface area (Å²) in [5, 5.41) is 26.3. The highest BCUT2D eigenvalue weighted by molar-refractivity contribution is 6.59. The summed E-state index contributed by atoms with van der Waals surface area (Å²) in [4.78, 5) is 11.8. The quantitative estimate of drug-likeness (QED) is 0.455. The van der Waals surface area contributed by atoms with Crippen LogP contribution in [0.3, 0.4) is 0 Å². The molecule has 0 amide bonds. The van der Waals surface area contributed by atoms with Crippen molar-refractivity contribution in [3.63, 3.8) is 0 Å². The minimum Gasteiger partial charge on any atom is -0.423 e. The average Bonchev–Trinajstić information content (AvgIpc) is 3.13. The van der Waals surface area contributed by atoms with Crippen molar-refractivity contribution in [2.24, 2.45) is 0 Å². The molecule has 32 heavy (non-hydrogen) atoms. The maximum absolute atomic E-state index is 13.6. The number of anilines is 3. The first-order valence-corrected chi connectivity index (χ1v) is 10.9. The fraction of sp³-hybridized carbons (Fsp3) is 0.304. The Morgan fingerprint density at radius 1 is 1.19 bits per heavy atom. The van der Waals surface area contributed by atoms with Gasteiger partial charge in [-0.1, -0.05) is 24.3 Å². The van der Waals surface area contributed by atoms with Crippen LogP contribution in [0, 0.1) is 5.82 Å². The van der Waals surface area contributed by atoms with Gasteiger partial charge in [0.1, 0.15) is 11.6 Å². The summed E-state index contributed by atoms with van der Waals surface area (Å²) in [7, 11) is -1.52. The molecule has 1 unspecified atom stereocenters. The van der Waals surface area contributed by atoms with Gasteiger partial charge in [-0.2, -0.15) is 4.98 Å². The number of hydrogen-bond donors (Lipinski definition) is 4. The third-order valence-corrected chi connectivity index (χ3v) is 6.16. The van der Waals surface area contributed by atoms with Crippen LogP contribution in [0.25, 0.3) is 0 Å². The van der Waals surface area contributed by atoms with Gasteiger partial charge < -0.3 is 25.6 Å². The molecule has 0 fully saturated rings. The van der Waals surface area contributed by atoms with Gasteiger partial charge in [0.15, 0.2) is 0 Å². The van der Waals surface area contributed by atoms with Crippen LogP contribution >= 0.6 is 0 Å². The summed E-state index contributed by atoms with van der Waals surface area (Å²) in [5.74, 6) is 1.07. The van der Waals surface area contributed by atoms with Crippen LogP contribution < -0.4 is 21.0 Å². The van der Waals surface area contributed by atoms with Gasteiger partial charge in [-0.05, 0) is 61.1 Å². The van der Waals surface area contributed by atoms with Gasteiger partial charge in [-0.15, -0.1) is 0 Å². The fourth-order valence-corrected chi connectivity index (χ4v) is 4.64. The van der Waals surface area contributed by atoms with Crippen molar-refractivity contribution in [3.05, 3.63) is 70.7 Å². The molecule has 0 radical (unpaired) electrons. The van der Waals surface area contributed by atoms with Gasteiger partial charge in [0.25, 0.3) is 0 Å². The predicted molar refractivity (Wildman–Crippen MR) is 123 cm³/mol. The molecule has 0 bridgehead atoms. The molecule has 7 nitrogen and oxygen atoms in total. The molecule has 0 saturated heterocycles. The molecular formula is C23H25BFN5O2. The van der Waals surface area contributed by atoms with Crippen molar-refractivity contribution in [1.82, 2.24) is 15.3 Å². The van der Waals surface area contributed by atoms with Crippen molar-refractivity contribution >= 4 is 30.0 Å². The highest BCUT2D eigenvalue weighted by Gasteiger charge is 2.34. The summed E-state index contributed by atoms with van der Waals surface area (Å²) >= 11 is 0. The van der Waals surface area contributed by atoms with E-state index in [1.54, 1.807) is 12.1 Å². The van der Waals surface area contributed by atoms with Crippen LogP contribution in [0.5, 0.6) is 0 Å². The zero-order valence-corrected chi connectivity index (χ0v) is 17.8. The first-order valence-electron chi connectivity index (χ1n) is 10.9. The van der Waals surface area contributed by atoms with Gasteiger partial charge in [0.05, 0.1) is 5.69 Å². The molecule has 2 aliphatic heterocycles. The van der Waals surface area contributed by atoms with Crippen molar-refractivity contribution in [1.29, 1.82) is 0 Å². The molecule has 3 aromatic rings. The van der Waals surface area contributed by atoms with Gasteiger partial charge in [0, 0.05) is 30.4 Å². The zero-order valence-electron chi connectivity index (χ0n) is 17.8. The number of halogens is 1. The SMILES string of the molecule is CC1Cc2c(B(O)O)cccc2N1c1nc2c(c(NCc3cccc(F)c3)n1)CCNC2. The van der Waals surface area contributed by atoms with Crippen LogP contribution in [0.4, 0.5) is 21.8 Å². The molecule has 1 aromatic heterocycles. The van der Waals surface area contributed by atoms with E-state index in [0.717, 1.165) is 46.9 Å². The Kier molecular flexibility index (Phi) is 5.54. The third kappa shape index (κ3) is 3.83. The first-order chi connectivity index (χ1) is 15.5. The third-order valence-electron chi connectivity index (χ3n) is 6.16. The lowest BCUT2D eigenvalue weighted by atomic mass is 9.76. The number of nitrogens with zero attached hydrogens (tertiary/aromatic N) is 3. The monoisotopic (exact) mass is 433 g/mol. The van der Waals surface area contributed by atoms with Crippen LogP contribution in [-0.2, 0) is 25.9 Å². The van der Waals surface area contributed by atoms with Crippen molar-refractivity contribution in [2.75, 3.05) is 16.8 Å². The summed E-state index contributed by atoms with van der Waals surface area (Å²) in [6, 6.07) is 12.1. The topological polar surface area (TPSA) is 93.5 Å². The number of rotatable bonds is 5. The van der Waals surface area contributed by atoms with E-state index in [9.17, 15) is 14.4 Å². The standard InChI is InChI=1S/C23H25BFN5O2/c1-14-10-18-19(24(31)32)6-3-7-21(18)30(14)23-28-20-13-26-9-8-17(20)22(29-23)27-12-15-4-2-5-16(25)11-15/h2-7,11,14,26,31-32H,8-10,12-13H2,1H3,(H,27,28,29). The van der Waals surface area contributed by atoms with Crippen molar-refractivity contribution < 1.29 is 14.4 Å². The summed E-state index contributed by atoms with van der Waals surface area (Å²) in [5.41, 5.74) is 5.18. The normalized spacial score (nSPS) is 17.1. The predicted octanol–water partition coefficient (Wildman–Crippen LogP) is 1.64. The number of hydrogen-bond acceptors (Lipinski definition) is 7. The molecular weight excluding hydrogens is 408 g/mol. The van der Waals surface area contributed by atoms with E-state index in [2.05, 4.69) is 22.5 Å². The number of fused-ring (bicyclic) bond motifs is 2.